The average Bonchev–Trinajstić information content (AvgIpc) is 2.13. The molecule has 0 heterocycles. The number of aliphatic hydroxyl groups excluding tert-OH is 1. The van der Waals surface area contributed by atoms with Crippen molar-refractivity contribution < 1.29 is 10.2 Å². The van der Waals surface area contributed by atoms with E-state index in [0.717, 1.165) is 12.8 Å². The van der Waals surface area contributed by atoms with Crippen LogP contribution in [0.2, 0.25) is 0 Å². The standard InChI is InChI=1S/C13H26O2/c1-4-5-6-7-8-9-12(14)10-11-13(2,3)15/h10-12,14-15H,4-9H2,1-3H3/b11-10+/t12-/m0/s1. The third-order valence-electron chi connectivity index (χ3n) is 2.33. The van der Waals surface area contributed by atoms with E-state index >= 15 is 0 Å². The molecular formula is C13H26O2. The Morgan fingerprint density at radius 2 is 1.73 bits per heavy atom. The third-order valence-corrected chi connectivity index (χ3v) is 2.33. The highest BCUT2D eigenvalue weighted by molar-refractivity contribution is 4.98. The Hall–Kier alpha value is -0.340. The SMILES string of the molecule is CCCCCCC[C@H](O)/C=C/C(C)(C)O. The molecule has 2 N–H and O–H groups in total. The molecule has 0 aliphatic rings. The summed E-state index contributed by atoms with van der Waals surface area (Å²) in [6.07, 6.45) is 9.81. The van der Waals surface area contributed by atoms with Crippen LogP contribution in [0, 0.1) is 0 Å². The zero-order valence-corrected chi connectivity index (χ0v) is 10.4. The van der Waals surface area contributed by atoms with Gasteiger partial charge in [-0.05, 0) is 20.3 Å². The Morgan fingerprint density at radius 1 is 1.13 bits per heavy atom. The molecule has 1 atom stereocenters. The summed E-state index contributed by atoms with van der Waals surface area (Å²) >= 11 is 0. The van der Waals surface area contributed by atoms with Crippen molar-refractivity contribution >= 4 is 0 Å². The monoisotopic (exact) mass is 214 g/mol. The molecule has 0 aromatic rings. The summed E-state index contributed by atoms with van der Waals surface area (Å²) < 4.78 is 0. The molecule has 0 aliphatic heterocycles. The summed E-state index contributed by atoms with van der Waals surface area (Å²) in [5.41, 5.74) is -0.816. The maximum Gasteiger partial charge on any atom is 0.0772 e. The van der Waals surface area contributed by atoms with Gasteiger partial charge in [0.25, 0.3) is 0 Å². The van der Waals surface area contributed by atoms with Crippen molar-refractivity contribution in [3.8, 4) is 0 Å². The van der Waals surface area contributed by atoms with E-state index in [4.69, 9.17) is 0 Å². The molecule has 0 radical (unpaired) electrons. The Kier molecular flexibility index (Phi) is 7.71. The number of rotatable bonds is 8. The molecule has 2 nitrogen and oxygen atoms in total. The number of hydrogen-bond acceptors (Lipinski definition) is 2. The molecule has 0 bridgehead atoms. The van der Waals surface area contributed by atoms with Crippen LogP contribution in [0.25, 0.3) is 0 Å². The highest BCUT2D eigenvalue weighted by Crippen LogP contribution is 2.09. The van der Waals surface area contributed by atoms with Crippen molar-refractivity contribution in [1.82, 2.24) is 0 Å². The first kappa shape index (κ1) is 14.7. The molecule has 0 spiro atoms. The van der Waals surface area contributed by atoms with E-state index in [-0.39, 0.29) is 0 Å². The van der Waals surface area contributed by atoms with Crippen molar-refractivity contribution in [2.45, 2.75) is 71.0 Å². The minimum Gasteiger partial charge on any atom is -0.389 e. The van der Waals surface area contributed by atoms with Crippen LogP contribution in [0.3, 0.4) is 0 Å². The largest absolute Gasteiger partial charge is 0.389 e. The van der Waals surface area contributed by atoms with Crippen molar-refractivity contribution in [3.05, 3.63) is 12.2 Å². The highest BCUT2D eigenvalue weighted by Gasteiger charge is 2.07. The fourth-order valence-corrected chi connectivity index (χ4v) is 1.40. The van der Waals surface area contributed by atoms with Crippen molar-refractivity contribution in [3.63, 3.8) is 0 Å². The zero-order valence-electron chi connectivity index (χ0n) is 10.4. The van der Waals surface area contributed by atoms with Crippen molar-refractivity contribution in [2.75, 3.05) is 0 Å². The molecule has 0 saturated carbocycles. The molecular weight excluding hydrogens is 188 g/mol. The predicted octanol–water partition coefficient (Wildman–Crippen LogP) is 3.03. The second-order valence-electron chi connectivity index (χ2n) is 4.78. The van der Waals surface area contributed by atoms with Gasteiger partial charge in [0, 0.05) is 0 Å². The van der Waals surface area contributed by atoms with Gasteiger partial charge in [0.1, 0.15) is 0 Å². The second-order valence-corrected chi connectivity index (χ2v) is 4.78. The molecule has 0 amide bonds. The normalized spacial score (nSPS) is 14.7. The summed E-state index contributed by atoms with van der Waals surface area (Å²) in [6, 6.07) is 0. The lowest BCUT2D eigenvalue weighted by Crippen LogP contribution is -2.15. The van der Waals surface area contributed by atoms with Crippen LogP contribution in [0.4, 0.5) is 0 Å². The summed E-state index contributed by atoms with van der Waals surface area (Å²) in [6.45, 7) is 5.61. The molecule has 0 saturated heterocycles. The lowest BCUT2D eigenvalue weighted by Gasteiger charge is -2.12. The maximum atomic E-state index is 9.57. The van der Waals surface area contributed by atoms with Gasteiger partial charge in [0.2, 0.25) is 0 Å². The smallest absolute Gasteiger partial charge is 0.0772 e. The number of aliphatic hydroxyl groups is 2. The Balaban J connectivity index is 3.49. The van der Waals surface area contributed by atoms with Gasteiger partial charge in [0.15, 0.2) is 0 Å². The van der Waals surface area contributed by atoms with Gasteiger partial charge < -0.3 is 10.2 Å². The van der Waals surface area contributed by atoms with Gasteiger partial charge in [-0.1, -0.05) is 51.2 Å². The van der Waals surface area contributed by atoms with E-state index in [0.29, 0.717) is 0 Å². The summed E-state index contributed by atoms with van der Waals surface area (Å²) in [4.78, 5) is 0. The Morgan fingerprint density at radius 3 is 2.27 bits per heavy atom. The fraction of sp³-hybridized carbons (Fsp3) is 0.846. The molecule has 0 rings (SSSR count). The van der Waals surface area contributed by atoms with E-state index in [1.165, 1.54) is 25.7 Å². The minimum atomic E-state index is -0.816. The van der Waals surface area contributed by atoms with Gasteiger partial charge in [-0.25, -0.2) is 0 Å². The van der Waals surface area contributed by atoms with Crippen molar-refractivity contribution in [2.24, 2.45) is 0 Å². The topological polar surface area (TPSA) is 40.5 Å². The van der Waals surface area contributed by atoms with Crippen LogP contribution in [-0.4, -0.2) is 21.9 Å². The van der Waals surface area contributed by atoms with Gasteiger partial charge in [-0.2, -0.15) is 0 Å². The first-order valence-electron chi connectivity index (χ1n) is 6.05. The molecule has 0 unspecified atom stereocenters. The molecule has 0 fully saturated rings. The van der Waals surface area contributed by atoms with Crippen molar-refractivity contribution in [1.29, 1.82) is 0 Å². The summed E-state index contributed by atoms with van der Waals surface area (Å²) in [5.74, 6) is 0. The fourth-order valence-electron chi connectivity index (χ4n) is 1.40. The quantitative estimate of drug-likeness (QED) is 0.481. The van der Waals surface area contributed by atoms with Gasteiger partial charge in [-0.15, -0.1) is 0 Å². The van der Waals surface area contributed by atoms with Crippen LogP contribution in [-0.2, 0) is 0 Å². The highest BCUT2D eigenvalue weighted by atomic mass is 16.3. The van der Waals surface area contributed by atoms with Crippen LogP contribution in [0.1, 0.15) is 59.3 Å². The van der Waals surface area contributed by atoms with E-state index in [1.54, 1.807) is 26.0 Å². The predicted molar refractivity (Wildman–Crippen MR) is 64.8 cm³/mol. The first-order chi connectivity index (χ1) is 6.95. The summed E-state index contributed by atoms with van der Waals surface area (Å²) in [7, 11) is 0. The average molecular weight is 214 g/mol. The Labute approximate surface area is 94.0 Å². The van der Waals surface area contributed by atoms with Gasteiger partial charge in [0.05, 0.1) is 11.7 Å². The van der Waals surface area contributed by atoms with Crippen LogP contribution >= 0.6 is 0 Å². The molecule has 15 heavy (non-hydrogen) atoms. The van der Waals surface area contributed by atoms with Gasteiger partial charge >= 0.3 is 0 Å². The van der Waals surface area contributed by atoms with Gasteiger partial charge in [-0.3, -0.25) is 0 Å². The summed E-state index contributed by atoms with van der Waals surface area (Å²) in [5, 5.41) is 19.0. The minimum absolute atomic E-state index is 0.405. The number of hydrogen-bond donors (Lipinski definition) is 2. The lowest BCUT2D eigenvalue weighted by atomic mass is 10.0. The zero-order chi connectivity index (χ0) is 11.7. The molecule has 0 aromatic heterocycles. The van der Waals surface area contributed by atoms with Crippen LogP contribution in [0.15, 0.2) is 12.2 Å². The van der Waals surface area contributed by atoms with Crippen LogP contribution in [0.5, 0.6) is 0 Å². The number of unbranched alkanes of at least 4 members (excludes halogenated alkanes) is 4. The van der Waals surface area contributed by atoms with E-state index in [9.17, 15) is 10.2 Å². The van der Waals surface area contributed by atoms with E-state index in [1.807, 2.05) is 0 Å². The molecule has 0 aromatic carbocycles. The Bertz CT molecular complexity index is 168. The van der Waals surface area contributed by atoms with E-state index in [2.05, 4.69) is 6.92 Å². The molecule has 2 heteroatoms. The van der Waals surface area contributed by atoms with E-state index < -0.39 is 11.7 Å². The lowest BCUT2D eigenvalue weighted by molar-refractivity contribution is 0.129. The first-order valence-corrected chi connectivity index (χ1v) is 6.05. The maximum absolute atomic E-state index is 9.57. The molecule has 0 aliphatic carbocycles. The van der Waals surface area contributed by atoms with Crippen LogP contribution < -0.4 is 0 Å². The third kappa shape index (κ3) is 11.6. The molecule has 90 valence electrons. The second kappa shape index (κ2) is 7.89.